The van der Waals surface area contributed by atoms with Crippen molar-refractivity contribution in [3.63, 3.8) is 0 Å². The summed E-state index contributed by atoms with van der Waals surface area (Å²) in [6.07, 6.45) is 1.98. The van der Waals surface area contributed by atoms with Crippen LogP contribution in [0, 0.1) is 5.92 Å². The monoisotopic (exact) mass is 295 g/mol. The summed E-state index contributed by atoms with van der Waals surface area (Å²) in [7, 11) is 0. The number of hydrogen-bond donors (Lipinski definition) is 1. The molecule has 1 aliphatic heterocycles. The molecule has 0 amide bonds. The van der Waals surface area contributed by atoms with Crippen LogP contribution in [0.3, 0.4) is 0 Å². The van der Waals surface area contributed by atoms with Crippen LogP contribution < -0.4 is 5.73 Å². The molecule has 0 aliphatic carbocycles. The fourth-order valence-electron chi connectivity index (χ4n) is 2.11. The quantitative estimate of drug-likeness (QED) is 0.900. The van der Waals surface area contributed by atoms with Gasteiger partial charge in [-0.25, -0.2) is 0 Å². The Morgan fingerprint density at radius 1 is 1.24 bits per heavy atom. The normalized spacial score (nSPS) is 18.5. The van der Waals surface area contributed by atoms with Crippen molar-refractivity contribution in [2.24, 2.45) is 11.7 Å². The van der Waals surface area contributed by atoms with Crippen LogP contribution in [-0.2, 0) is 4.74 Å². The molecule has 0 unspecified atom stereocenters. The molecule has 5 heteroatoms. The smallest absolute Gasteiger partial charge is 0.0640 e. The van der Waals surface area contributed by atoms with Crippen molar-refractivity contribution >= 4 is 35.6 Å². The van der Waals surface area contributed by atoms with E-state index in [-0.39, 0.29) is 18.4 Å². The second-order valence-electron chi connectivity index (χ2n) is 4.12. The molecule has 17 heavy (non-hydrogen) atoms. The molecule has 2 N–H and O–H groups in total. The van der Waals surface area contributed by atoms with Crippen LogP contribution in [0.5, 0.6) is 0 Å². The van der Waals surface area contributed by atoms with E-state index in [9.17, 15) is 0 Å². The standard InChI is InChI=1S/C12H15Cl2NO.ClH/c13-10-3-1-2-9(11(10)14)12(15)8-4-6-16-7-5-8;/h1-3,8,12H,4-7,15H2;1H/t12-;/m1./s1. The maximum atomic E-state index is 6.24. The Morgan fingerprint density at radius 2 is 1.88 bits per heavy atom. The van der Waals surface area contributed by atoms with E-state index in [0.29, 0.717) is 16.0 Å². The molecule has 2 nitrogen and oxygen atoms in total. The third-order valence-electron chi connectivity index (χ3n) is 3.11. The lowest BCUT2D eigenvalue weighted by molar-refractivity contribution is 0.0584. The zero-order valence-electron chi connectivity index (χ0n) is 9.36. The predicted octanol–water partition coefficient (Wildman–Crippen LogP) is 3.84. The first kappa shape index (κ1) is 15.1. The Hall–Kier alpha value is 0.01000. The molecule has 1 saturated heterocycles. The third-order valence-corrected chi connectivity index (χ3v) is 3.95. The lowest BCUT2D eigenvalue weighted by Crippen LogP contribution is -2.27. The minimum atomic E-state index is -0.0462. The van der Waals surface area contributed by atoms with Gasteiger partial charge in [-0.2, -0.15) is 0 Å². The summed E-state index contributed by atoms with van der Waals surface area (Å²) in [5.41, 5.74) is 7.19. The van der Waals surface area contributed by atoms with Gasteiger partial charge in [0.25, 0.3) is 0 Å². The molecule has 0 aromatic heterocycles. The van der Waals surface area contributed by atoms with E-state index in [1.165, 1.54) is 0 Å². The van der Waals surface area contributed by atoms with Gasteiger partial charge < -0.3 is 10.5 Å². The number of halogens is 3. The zero-order chi connectivity index (χ0) is 11.5. The van der Waals surface area contributed by atoms with Gasteiger partial charge in [0.2, 0.25) is 0 Å². The number of hydrogen-bond acceptors (Lipinski definition) is 2. The summed E-state index contributed by atoms with van der Waals surface area (Å²) in [5.74, 6) is 0.435. The maximum Gasteiger partial charge on any atom is 0.0640 e. The van der Waals surface area contributed by atoms with Crippen molar-refractivity contribution < 1.29 is 4.74 Å². The van der Waals surface area contributed by atoms with Crippen molar-refractivity contribution in [3.8, 4) is 0 Å². The van der Waals surface area contributed by atoms with Crippen LogP contribution in [0.2, 0.25) is 10.0 Å². The highest BCUT2D eigenvalue weighted by molar-refractivity contribution is 6.42. The molecule has 96 valence electrons. The van der Waals surface area contributed by atoms with Gasteiger partial charge in [-0.15, -0.1) is 12.4 Å². The summed E-state index contributed by atoms with van der Waals surface area (Å²) in [6, 6.07) is 5.58. The van der Waals surface area contributed by atoms with Gasteiger partial charge in [0.1, 0.15) is 0 Å². The largest absolute Gasteiger partial charge is 0.381 e. The second-order valence-corrected chi connectivity index (χ2v) is 4.90. The third kappa shape index (κ3) is 3.49. The molecule has 1 heterocycles. The van der Waals surface area contributed by atoms with Crippen molar-refractivity contribution in [2.75, 3.05) is 13.2 Å². The fourth-order valence-corrected chi connectivity index (χ4v) is 2.54. The molecule has 1 aliphatic rings. The summed E-state index contributed by atoms with van der Waals surface area (Å²) in [5, 5.41) is 1.16. The summed E-state index contributed by atoms with van der Waals surface area (Å²) in [6.45, 7) is 1.58. The Bertz CT molecular complexity index is 367. The Labute approximate surface area is 118 Å². The molecular formula is C12H16Cl3NO. The number of ether oxygens (including phenoxy) is 1. The first-order valence-corrected chi connectivity index (χ1v) is 6.23. The van der Waals surface area contributed by atoms with Gasteiger partial charge in [-0.1, -0.05) is 35.3 Å². The van der Waals surface area contributed by atoms with Gasteiger partial charge in [0, 0.05) is 19.3 Å². The van der Waals surface area contributed by atoms with Crippen molar-refractivity contribution in [1.82, 2.24) is 0 Å². The van der Waals surface area contributed by atoms with Crippen LogP contribution in [0.15, 0.2) is 18.2 Å². The fraction of sp³-hybridized carbons (Fsp3) is 0.500. The highest BCUT2D eigenvalue weighted by Gasteiger charge is 2.24. The van der Waals surface area contributed by atoms with E-state index in [1.54, 1.807) is 6.07 Å². The van der Waals surface area contributed by atoms with Crippen molar-refractivity contribution in [2.45, 2.75) is 18.9 Å². The topological polar surface area (TPSA) is 35.2 Å². The molecule has 1 atom stereocenters. The van der Waals surface area contributed by atoms with Crippen molar-refractivity contribution in [3.05, 3.63) is 33.8 Å². The van der Waals surface area contributed by atoms with Gasteiger partial charge in [0.15, 0.2) is 0 Å². The van der Waals surface area contributed by atoms with Crippen LogP contribution >= 0.6 is 35.6 Å². The molecule has 0 spiro atoms. The molecule has 2 rings (SSSR count). The summed E-state index contributed by atoms with van der Waals surface area (Å²) < 4.78 is 5.33. The Morgan fingerprint density at radius 3 is 2.53 bits per heavy atom. The molecule has 0 bridgehead atoms. The number of rotatable bonds is 2. The second kappa shape index (κ2) is 6.81. The number of nitrogens with two attached hydrogens (primary N) is 1. The van der Waals surface area contributed by atoms with E-state index in [0.717, 1.165) is 31.6 Å². The highest BCUT2D eigenvalue weighted by Crippen LogP contribution is 2.35. The van der Waals surface area contributed by atoms with Gasteiger partial charge in [0.05, 0.1) is 10.0 Å². The Balaban J connectivity index is 0.00000144. The van der Waals surface area contributed by atoms with Crippen LogP contribution in [0.1, 0.15) is 24.4 Å². The van der Waals surface area contributed by atoms with Crippen LogP contribution in [0.4, 0.5) is 0 Å². The summed E-state index contributed by atoms with van der Waals surface area (Å²) >= 11 is 12.1. The molecule has 1 fully saturated rings. The minimum absolute atomic E-state index is 0. The maximum absolute atomic E-state index is 6.24. The average molecular weight is 297 g/mol. The molecule has 1 aromatic rings. The average Bonchev–Trinajstić information content (AvgIpc) is 2.33. The number of benzene rings is 1. The molecular weight excluding hydrogens is 280 g/mol. The van der Waals surface area contributed by atoms with Crippen LogP contribution in [0.25, 0.3) is 0 Å². The SMILES string of the molecule is Cl.N[C@@H](c1cccc(Cl)c1Cl)C1CCOCC1. The first-order valence-electron chi connectivity index (χ1n) is 5.47. The first-order chi connectivity index (χ1) is 7.70. The van der Waals surface area contributed by atoms with Gasteiger partial charge in [-0.3, -0.25) is 0 Å². The van der Waals surface area contributed by atoms with Crippen LogP contribution in [-0.4, -0.2) is 13.2 Å². The molecule has 0 radical (unpaired) electrons. The highest BCUT2D eigenvalue weighted by atomic mass is 35.5. The van der Waals surface area contributed by atoms with Crippen molar-refractivity contribution in [1.29, 1.82) is 0 Å². The molecule has 1 aromatic carbocycles. The van der Waals surface area contributed by atoms with E-state index < -0.39 is 0 Å². The van der Waals surface area contributed by atoms with Gasteiger partial charge >= 0.3 is 0 Å². The predicted molar refractivity (Wildman–Crippen MR) is 74.2 cm³/mol. The van der Waals surface area contributed by atoms with E-state index in [1.807, 2.05) is 12.1 Å². The Kier molecular flexibility index (Phi) is 6.04. The molecule has 0 saturated carbocycles. The summed E-state index contributed by atoms with van der Waals surface area (Å²) in [4.78, 5) is 0. The minimum Gasteiger partial charge on any atom is -0.381 e. The van der Waals surface area contributed by atoms with E-state index in [4.69, 9.17) is 33.7 Å². The van der Waals surface area contributed by atoms with E-state index in [2.05, 4.69) is 0 Å². The zero-order valence-corrected chi connectivity index (χ0v) is 11.7. The van der Waals surface area contributed by atoms with E-state index >= 15 is 0 Å². The lowest BCUT2D eigenvalue weighted by atomic mass is 9.88. The van der Waals surface area contributed by atoms with Gasteiger partial charge in [-0.05, 0) is 30.4 Å². The lowest BCUT2D eigenvalue weighted by Gasteiger charge is -2.28.